The molecule has 2 fully saturated rings. The molecular formula is C38H44N6O5. The van der Waals surface area contributed by atoms with Gasteiger partial charge in [0, 0.05) is 49.9 Å². The number of morpholine rings is 1. The third kappa shape index (κ3) is 7.84. The molecule has 0 spiro atoms. The lowest BCUT2D eigenvalue weighted by Crippen LogP contribution is -2.37. The van der Waals surface area contributed by atoms with E-state index in [1.165, 1.54) is 7.11 Å². The maximum Gasteiger partial charge on any atom is 0.323 e. The van der Waals surface area contributed by atoms with Crippen LogP contribution in [0.25, 0.3) is 21.9 Å². The van der Waals surface area contributed by atoms with Crippen LogP contribution in [0.1, 0.15) is 44.9 Å². The number of hydrogen-bond acceptors (Lipinski definition) is 7. The van der Waals surface area contributed by atoms with Gasteiger partial charge in [0.2, 0.25) is 0 Å². The Balaban J connectivity index is 1.23. The number of carbonyl (C=O) groups is 3. The molecule has 256 valence electrons. The topological polar surface area (TPSA) is 125 Å². The highest BCUT2D eigenvalue weighted by Crippen LogP contribution is 2.39. The van der Waals surface area contributed by atoms with Crippen molar-refractivity contribution in [3.05, 3.63) is 78.1 Å². The molecule has 4 aromatic rings. The van der Waals surface area contributed by atoms with Gasteiger partial charge in [-0.15, -0.1) is 0 Å². The molecule has 11 heteroatoms. The highest BCUT2D eigenvalue weighted by atomic mass is 16.5. The van der Waals surface area contributed by atoms with Crippen molar-refractivity contribution in [3.8, 4) is 16.9 Å². The van der Waals surface area contributed by atoms with Crippen molar-refractivity contribution in [3.63, 3.8) is 0 Å². The van der Waals surface area contributed by atoms with E-state index >= 15 is 0 Å². The number of pyridine rings is 1. The quantitative estimate of drug-likeness (QED) is 0.200. The summed E-state index contributed by atoms with van der Waals surface area (Å²) in [6.07, 6.45) is 3.66. The lowest BCUT2D eigenvalue weighted by molar-refractivity contribution is -0.142. The summed E-state index contributed by atoms with van der Waals surface area (Å²) in [5, 5.41) is 10.5. The van der Waals surface area contributed by atoms with E-state index in [0.717, 1.165) is 78.8 Å². The molecule has 0 aliphatic carbocycles. The molecule has 4 amide bonds. The Hall–Kier alpha value is -5.00. The number of anilines is 3. The standard InChI is InChI=1S/C38H44N6O5/c1-38(2,3)26-21-32(40-35(45)36(46)44-15-7-8-16-44)34(48-4)33(22-26)42-37(47)41-31-14-13-28(29-9-5-6-10-30(29)31)25-11-12-27(39-23-25)24-43-17-19-49-20-18-43/h5-6,9-14,21-23H,7-8,15-20,24H2,1-4H3,(H,40,45)(H2,41,42,47). The van der Waals surface area contributed by atoms with Gasteiger partial charge < -0.3 is 30.3 Å². The number of carbonyl (C=O) groups excluding carboxylic acids is 3. The fourth-order valence-corrected chi connectivity index (χ4v) is 6.31. The molecule has 3 aromatic carbocycles. The Morgan fingerprint density at radius 2 is 1.51 bits per heavy atom. The van der Waals surface area contributed by atoms with Crippen molar-refractivity contribution in [2.75, 3.05) is 62.5 Å². The predicted molar refractivity (Wildman–Crippen MR) is 192 cm³/mol. The van der Waals surface area contributed by atoms with Gasteiger partial charge >= 0.3 is 17.8 Å². The number of ether oxygens (including phenoxy) is 2. The number of benzene rings is 3. The van der Waals surface area contributed by atoms with Gasteiger partial charge in [-0.25, -0.2) is 4.79 Å². The number of likely N-dealkylation sites (tertiary alicyclic amines) is 1. The second kappa shape index (κ2) is 14.6. The van der Waals surface area contributed by atoms with Gasteiger partial charge in [-0.2, -0.15) is 0 Å². The minimum Gasteiger partial charge on any atom is -0.492 e. The first-order chi connectivity index (χ1) is 23.6. The second-order valence-electron chi connectivity index (χ2n) is 13.5. The Morgan fingerprint density at radius 3 is 2.16 bits per heavy atom. The first-order valence-electron chi connectivity index (χ1n) is 16.8. The van der Waals surface area contributed by atoms with Crippen LogP contribution in [-0.2, 0) is 26.3 Å². The van der Waals surface area contributed by atoms with Crippen molar-refractivity contribution < 1.29 is 23.9 Å². The summed E-state index contributed by atoms with van der Waals surface area (Å²) in [5.41, 5.74) is 4.81. The number of aromatic nitrogens is 1. The minimum atomic E-state index is -0.741. The van der Waals surface area contributed by atoms with Gasteiger partial charge in [0.25, 0.3) is 0 Å². The molecule has 2 saturated heterocycles. The molecule has 0 unspecified atom stereocenters. The zero-order valence-electron chi connectivity index (χ0n) is 28.6. The number of amides is 4. The summed E-state index contributed by atoms with van der Waals surface area (Å²) >= 11 is 0. The van der Waals surface area contributed by atoms with Crippen LogP contribution in [0.15, 0.2) is 66.9 Å². The molecule has 0 atom stereocenters. The summed E-state index contributed by atoms with van der Waals surface area (Å²) in [5.74, 6) is -1.08. The number of rotatable bonds is 7. The van der Waals surface area contributed by atoms with Crippen molar-refractivity contribution in [1.29, 1.82) is 0 Å². The number of nitrogens with one attached hydrogen (secondary N) is 3. The van der Waals surface area contributed by atoms with Crippen LogP contribution < -0.4 is 20.7 Å². The van der Waals surface area contributed by atoms with E-state index in [4.69, 9.17) is 14.5 Å². The number of hydrogen-bond donors (Lipinski definition) is 3. The number of nitrogens with zero attached hydrogens (tertiary/aromatic N) is 3. The fraction of sp³-hybridized carbons (Fsp3) is 0.368. The van der Waals surface area contributed by atoms with E-state index in [2.05, 4.69) is 33.0 Å². The number of urea groups is 1. The van der Waals surface area contributed by atoms with E-state index in [1.54, 1.807) is 11.0 Å². The van der Waals surface area contributed by atoms with Gasteiger partial charge in [-0.3, -0.25) is 19.5 Å². The molecule has 0 saturated carbocycles. The molecule has 49 heavy (non-hydrogen) atoms. The van der Waals surface area contributed by atoms with Gasteiger partial charge in [-0.1, -0.05) is 57.2 Å². The highest BCUT2D eigenvalue weighted by molar-refractivity contribution is 6.39. The van der Waals surface area contributed by atoms with E-state index in [-0.39, 0.29) is 11.2 Å². The Kier molecular flexibility index (Phi) is 10.1. The lowest BCUT2D eigenvalue weighted by Gasteiger charge is -2.26. The smallest absolute Gasteiger partial charge is 0.323 e. The van der Waals surface area contributed by atoms with E-state index < -0.39 is 17.8 Å². The van der Waals surface area contributed by atoms with Crippen LogP contribution >= 0.6 is 0 Å². The first kappa shape index (κ1) is 33.9. The largest absolute Gasteiger partial charge is 0.492 e. The van der Waals surface area contributed by atoms with E-state index in [9.17, 15) is 14.4 Å². The van der Waals surface area contributed by atoms with Crippen molar-refractivity contribution in [1.82, 2.24) is 14.8 Å². The van der Waals surface area contributed by atoms with Crippen LogP contribution in [-0.4, -0.2) is 79.1 Å². The maximum atomic E-state index is 13.6. The van der Waals surface area contributed by atoms with Crippen LogP contribution in [0.5, 0.6) is 5.75 Å². The maximum absolute atomic E-state index is 13.6. The number of methoxy groups -OCH3 is 1. The summed E-state index contributed by atoms with van der Waals surface area (Å²) in [4.78, 5) is 48.0. The number of fused-ring (bicyclic) bond motifs is 1. The normalized spacial score (nSPS) is 15.2. The summed E-state index contributed by atoms with van der Waals surface area (Å²) in [6.45, 7) is 11.3. The van der Waals surface area contributed by atoms with Crippen molar-refractivity contribution in [2.45, 2.75) is 45.6 Å². The average Bonchev–Trinajstić information content (AvgIpc) is 3.64. The third-order valence-corrected chi connectivity index (χ3v) is 9.04. The zero-order valence-corrected chi connectivity index (χ0v) is 28.6. The van der Waals surface area contributed by atoms with E-state index in [1.807, 2.05) is 69.4 Å². The molecular weight excluding hydrogens is 620 g/mol. The predicted octanol–water partition coefficient (Wildman–Crippen LogP) is 6.25. The molecule has 1 aromatic heterocycles. The molecule has 0 radical (unpaired) electrons. The van der Waals surface area contributed by atoms with Crippen LogP contribution in [0.3, 0.4) is 0 Å². The van der Waals surface area contributed by atoms with Crippen molar-refractivity contribution >= 4 is 45.7 Å². The molecule has 11 nitrogen and oxygen atoms in total. The Labute approximate surface area is 287 Å². The van der Waals surface area contributed by atoms with E-state index in [0.29, 0.717) is 30.2 Å². The summed E-state index contributed by atoms with van der Waals surface area (Å²) in [6, 6.07) is 19.1. The summed E-state index contributed by atoms with van der Waals surface area (Å²) < 4.78 is 11.2. The average molecular weight is 665 g/mol. The first-order valence-corrected chi connectivity index (χ1v) is 16.8. The van der Waals surface area contributed by atoms with Gasteiger partial charge in [0.15, 0.2) is 5.75 Å². The van der Waals surface area contributed by atoms with Crippen LogP contribution in [0.2, 0.25) is 0 Å². The lowest BCUT2D eigenvalue weighted by atomic mass is 9.86. The molecule has 3 heterocycles. The van der Waals surface area contributed by atoms with Crippen LogP contribution in [0.4, 0.5) is 21.9 Å². The van der Waals surface area contributed by atoms with Gasteiger partial charge in [0.1, 0.15) is 0 Å². The Morgan fingerprint density at radius 1 is 0.837 bits per heavy atom. The summed E-state index contributed by atoms with van der Waals surface area (Å²) in [7, 11) is 1.46. The van der Waals surface area contributed by atoms with Gasteiger partial charge in [0.05, 0.1) is 43.1 Å². The SMILES string of the molecule is COc1c(NC(=O)Nc2ccc(-c3ccc(CN4CCOCC4)nc3)c3ccccc23)cc(C(C)(C)C)cc1NC(=O)C(=O)N1CCCC1. The molecule has 2 aliphatic rings. The molecule has 2 aliphatic heterocycles. The molecule has 3 N–H and O–H groups in total. The van der Waals surface area contributed by atoms with Crippen molar-refractivity contribution in [2.24, 2.45) is 0 Å². The Bertz CT molecular complexity index is 1840. The zero-order chi connectivity index (χ0) is 34.5. The monoisotopic (exact) mass is 664 g/mol. The fourth-order valence-electron chi connectivity index (χ4n) is 6.31. The van der Waals surface area contributed by atoms with Crippen LogP contribution in [0, 0.1) is 0 Å². The van der Waals surface area contributed by atoms with Gasteiger partial charge in [-0.05, 0) is 59.0 Å². The molecule has 0 bridgehead atoms. The third-order valence-electron chi connectivity index (χ3n) is 9.04. The second-order valence-corrected chi connectivity index (χ2v) is 13.5. The molecule has 6 rings (SSSR count). The minimum absolute atomic E-state index is 0.246. The highest BCUT2D eigenvalue weighted by Gasteiger charge is 2.27.